The second-order valence-electron chi connectivity index (χ2n) is 3.17. The van der Waals surface area contributed by atoms with Crippen LogP contribution in [0.2, 0.25) is 0 Å². The van der Waals surface area contributed by atoms with Crippen LogP contribution in [0.3, 0.4) is 0 Å². The van der Waals surface area contributed by atoms with Crippen molar-refractivity contribution in [1.82, 2.24) is 10.6 Å². The van der Waals surface area contributed by atoms with Crippen LogP contribution < -0.4 is 10.6 Å². The number of hydrogen-bond donors (Lipinski definition) is 2. The maximum Gasteiger partial charge on any atom is 0.319 e. The molecule has 1 fully saturated rings. The largest absolute Gasteiger partial charge is 0.330 e. The van der Waals surface area contributed by atoms with E-state index in [4.69, 9.17) is 0 Å². The van der Waals surface area contributed by atoms with E-state index in [0.717, 1.165) is 18.5 Å². The molecule has 3 heteroatoms. The molecule has 0 radical (unpaired) electrons. The van der Waals surface area contributed by atoms with E-state index in [9.17, 15) is 4.79 Å². The summed E-state index contributed by atoms with van der Waals surface area (Å²) in [6.07, 6.45) is 4.59. The number of nitrogens with one attached hydrogen (secondary N) is 2. The molecule has 0 bridgehead atoms. The van der Waals surface area contributed by atoms with E-state index in [2.05, 4.69) is 24.1 Å². The molecule has 1 rings (SSSR count). The minimum Gasteiger partial charge on any atom is -0.330 e. The summed E-state index contributed by atoms with van der Waals surface area (Å²) in [7, 11) is 0. The third kappa shape index (κ3) is 2.26. The predicted octanol–water partition coefficient (Wildman–Crippen LogP) is 1.76. The molecule has 0 aromatic rings. The third-order valence-corrected chi connectivity index (χ3v) is 2.10. The molecule has 1 aliphatic heterocycles. The highest BCUT2D eigenvalue weighted by molar-refractivity contribution is 5.80. The summed E-state index contributed by atoms with van der Waals surface area (Å²) in [5.41, 5.74) is 0.816. The van der Waals surface area contributed by atoms with Gasteiger partial charge in [0, 0.05) is 5.70 Å². The first-order valence-corrected chi connectivity index (χ1v) is 4.50. The number of hydrogen-bond acceptors (Lipinski definition) is 1. The minimum atomic E-state index is -0.110. The van der Waals surface area contributed by atoms with E-state index in [1.165, 1.54) is 12.8 Å². The number of urea groups is 1. The number of carbonyl (C=O) groups excluding carboxylic acids is 1. The van der Waals surface area contributed by atoms with Crippen LogP contribution in [0.25, 0.3) is 0 Å². The van der Waals surface area contributed by atoms with Gasteiger partial charge in [0.05, 0.1) is 6.04 Å². The molecule has 1 aliphatic rings. The second kappa shape index (κ2) is 4.14. The predicted molar refractivity (Wildman–Crippen MR) is 48.7 cm³/mol. The van der Waals surface area contributed by atoms with Gasteiger partial charge in [0.2, 0.25) is 0 Å². The van der Waals surface area contributed by atoms with Crippen molar-refractivity contribution in [2.24, 2.45) is 0 Å². The minimum absolute atomic E-state index is 0.110. The molecule has 2 N–H and O–H groups in total. The number of unbranched alkanes of at least 4 members (excludes halogenated alkanes) is 2. The average molecular weight is 168 g/mol. The van der Waals surface area contributed by atoms with Gasteiger partial charge in [0.15, 0.2) is 0 Å². The van der Waals surface area contributed by atoms with Gasteiger partial charge in [-0.25, -0.2) is 4.79 Å². The summed E-state index contributed by atoms with van der Waals surface area (Å²) >= 11 is 0. The van der Waals surface area contributed by atoms with E-state index in [1.807, 2.05) is 0 Å². The van der Waals surface area contributed by atoms with Crippen molar-refractivity contribution in [2.45, 2.75) is 38.6 Å². The van der Waals surface area contributed by atoms with E-state index in [-0.39, 0.29) is 12.1 Å². The van der Waals surface area contributed by atoms with E-state index >= 15 is 0 Å². The van der Waals surface area contributed by atoms with Gasteiger partial charge in [0.25, 0.3) is 0 Å². The van der Waals surface area contributed by atoms with Crippen LogP contribution in [0.4, 0.5) is 4.79 Å². The molecule has 0 saturated carbocycles. The Morgan fingerprint density at radius 3 is 2.75 bits per heavy atom. The molecule has 1 saturated heterocycles. The SMILES string of the molecule is C=C1NC(=O)NC1CCCCC. The van der Waals surface area contributed by atoms with Gasteiger partial charge in [-0.3, -0.25) is 0 Å². The highest BCUT2D eigenvalue weighted by Crippen LogP contribution is 2.11. The lowest BCUT2D eigenvalue weighted by Gasteiger charge is -2.08. The molecule has 0 aliphatic carbocycles. The lowest BCUT2D eigenvalue weighted by atomic mass is 10.1. The van der Waals surface area contributed by atoms with Crippen LogP contribution in [0.5, 0.6) is 0 Å². The van der Waals surface area contributed by atoms with Crippen LogP contribution in [0.1, 0.15) is 32.6 Å². The molecule has 1 heterocycles. The first-order valence-electron chi connectivity index (χ1n) is 4.50. The van der Waals surface area contributed by atoms with E-state index in [0.29, 0.717) is 0 Å². The topological polar surface area (TPSA) is 41.1 Å². The van der Waals surface area contributed by atoms with Gasteiger partial charge < -0.3 is 10.6 Å². The summed E-state index contributed by atoms with van der Waals surface area (Å²) < 4.78 is 0. The Hall–Kier alpha value is -0.990. The van der Waals surface area contributed by atoms with Crippen LogP contribution in [0.15, 0.2) is 12.3 Å². The van der Waals surface area contributed by atoms with Crippen molar-refractivity contribution in [3.05, 3.63) is 12.3 Å². The fourth-order valence-electron chi connectivity index (χ4n) is 1.36. The van der Waals surface area contributed by atoms with Crippen molar-refractivity contribution < 1.29 is 4.79 Å². The van der Waals surface area contributed by atoms with Crippen molar-refractivity contribution in [3.63, 3.8) is 0 Å². The van der Waals surface area contributed by atoms with Crippen LogP contribution in [0, 0.1) is 0 Å². The summed E-state index contributed by atoms with van der Waals surface area (Å²) in [4.78, 5) is 10.8. The Labute approximate surface area is 73.2 Å². The van der Waals surface area contributed by atoms with Crippen LogP contribution in [-0.4, -0.2) is 12.1 Å². The Bertz CT molecular complexity index is 189. The molecule has 3 nitrogen and oxygen atoms in total. The molecule has 1 unspecified atom stereocenters. The number of rotatable bonds is 4. The van der Waals surface area contributed by atoms with Gasteiger partial charge in [-0.15, -0.1) is 0 Å². The third-order valence-electron chi connectivity index (χ3n) is 2.10. The zero-order valence-electron chi connectivity index (χ0n) is 7.52. The summed E-state index contributed by atoms with van der Waals surface area (Å²) in [6, 6.07) is 0.0468. The standard InChI is InChI=1S/C9H16N2O/c1-3-4-5-6-8-7(2)10-9(12)11-8/h8H,2-6H2,1H3,(H2,10,11,12). The molecule has 12 heavy (non-hydrogen) atoms. The van der Waals surface area contributed by atoms with Gasteiger partial charge in [0.1, 0.15) is 0 Å². The molecule has 0 aromatic carbocycles. The Kier molecular flexibility index (Phi) is 3.14. The van der Waals surface area contributed by atoms with Gasteiger partial charge >= 0.3 is 6.03 Å². The summed E-state index contributed by atoms with van der Waals surface area (Å²) in [6.45, 7) is 5.94. The normalized spacial score (nSPS) is 22.2. The number of amides is 2. The van der Waals surface area contributed by atoms with E-state index < -0.39 is 0 Å². The first-order chi connectivity index (χ1) is 5.74. The van der Waals surface area contributed by atoms with Gasteiger partial charge in [-0.2, -0.15) is 0 Å². The molecule has 0 aromatic heterocycles. The maximum atomic E-state index is 10.8. The summed E-state index contributed by atoms with van der Waals surface area (Å²) in [5, 5.41) is 5.46. The molecule has 2 amide bonds. The van der Waals surface area contributed by atoms with Crippen molar-refractivity contribution in [1.29, 1.82) is 0 Å². The smallest absolute Gasteiger partial charge is 0.319 e. The Morgan fingerprint density at radius 1 is 1.50 bits per heavy atom. The average Bonchev–Trinajstić information content (AvgIpc) is 2.31. The second-order valence-corrected chi connectivity index (χ2v) is 3.17. The highest BCUT2D eigenvalue weighted by atomic mass is 16.2. The Morgan fingerprint density at radius 2 is 2.25 bits per heavy atom. The lowest BCUT2D eigenvalue weighted by Crippen LogP contribution is -2.26. The van der Waals surface area contributed by atoms with Crippen LogP contribution >= 0.6 is 0 Å². The van der Waals surface area contributed by atoms with E-state index in [1.54, 1.807) is 0 Å². The maximum absolute atomic E-state index is 10.8. The van der Waals surface area contributed by atoms with Crippen molar-refractivity contribution in [3.8, 4) is 0 Å². The fourth-order valence-corrected chi connectivity index (χ4v) is 1.36. The lowest BCUT2D eigenvalue weighted by molar-refractivity contribution is 0.247. The van der Waals surface area contributed by atoms with Gasteiger partial charge in [-0.05, 0) is 6.42 Å². The van der Waals surface area contributed by atoms with Crippen molar-refractivity contribution in [2.75, 3.05) is 0 Å². The molecular weight excluding hydrogens is 152 g/mol. The number of carbonyl (C=O) groups is 1. The molecule has 0 spiro atoms. The first kappa shape index (κ1) is 9.10. The molecular formula is C9H16N2O. The molecule has 1 atom stereocenters. The monoisotopic (exact) mass is 168 g/mol. The molecule has 68 valence electrons. The Balaban J connectivity index is 2.24. The quantitative estimate of drug-likeness (QED) is 0.617. The highest BCUT2D eigenvalue weighted by Gasteiger charge is 2.22. The van der Waals surface area contributed by atoms with Crippen molar-refractivity contribution >= 4 is 6.03 Å². The zero-order chi connectivity index (χ0) is 8.97. The zero-order valence-corrected chi connectivity index (χ0v) is 7.52. The van der Waals surface area contributed by atoms with Crippen LogP contribution in [-0.2, 0) is 0 Å². The fraction of sp³-hybridized carbons (Fsp3) is 0.667. The summed E-state index contributed by atoms with van der Waals surface area (Å²) in [5.74, 6) is 0. The van der Waals surface area contributed by atoms with Gasteiger partial charge in [-0.1, -0.05) is 32.8 Å².